The molecule has 1 aliphatic heterocycles. The first-order valence-electron chi connectivity index (χ1n) is 8.00. The fraction of sp³-hybridized carbons (Fsp3) is 0.333. The SMILES string of the molecule is NC(=O)c1cccc(OCCC(=O)N2CCC[C@@H]2c2cccs2)c1. The minimum atomic E-state index is -0.493. The van der Waals surface area contributed by atoms with Crippen molar-refractivity contribution < 1.29 is 14.3 Å². The topological polar surface area (TPSA) is 72.6 Å². The summed E-state index contributed by atoms with van der Waals surface area (Å²) in [5.41, 5.74) is 5.65. The minimum Gasteiger partial charge on any atom is -0.493 e. The van der Waals surface area contributed by atoms with Gasteiger partial charge in [0.2, 0.25) is 11.8 Å². The molecule has 2 aromatic rings. The third-order valence-electron chi connectivity index (χ3n) is 4.15. The van der Waals surface area contributed by atoms with E-state index in [0.29, 0.717) is 17.7 Å². The molecule has 126 valence electrons. The van der Waals surface area contributed by atoms with Gasteiger partial charge in [0.05, 0.1) is 19.1 Å². The van der Waals surface area contributed by atoms with Crippen LogP contribution in [0.2, 0.25) is 0 Å². The molecule has 1 atom stereocenters. The summed E-state index contributed by atoms with van der Waals surface area (Å²) in [6.45, 7) is 1.09. The average molecular weight is 344 g/mol. The van der Waals surface area contributed by atoms with E-state index >= 15 is 0 Å². The van der Waals surface area contributed by atoms with Gasteiger partial charge in [-0.3, -0.25) is 9.59 Å². The lowest BCUT2D eigenvalue weighted by Gasteiger charge is -2.24. The van der Waals surface area contributed by atoms with Crippen LogP contribution in [0.5, 0.6) is 5.75 Å². The summed E-state index contributed by atoms with van der Waals surface area (Å²) < 4.78 is 5.60. The van der Waals surface area contributed by atoms with Crippen molar-refractivity contribution in [2.75, 3.05) is 13.2 Å². The van der Waals surface area contributed by atoms with E-state index in [0.717, 1.165) is 19.4 Å². The highest BCUT2D eigenvalue weighted by molar-refractivity contribution is 7.10. The van der Waals surface area contributed by atoms with E-state index in [1.807, 2.05) is 16.3 Å². The molecular weight excluding hydrogens is 324 g/mol. The molecule has 0 saturated carbocycles. The van der Waals surface area contributed by atoms with Gasteiger partial charge in [-0.2, -0.15) is 0 Å². The number of primary amides is 1. The molecule has 24 heavy (non-hydrogen) atoms. The average Bonchev–Trinajstić information content (AvgIpc) is 3.26. The van der Waals surface area contributed by atoms with E-state index in [-0.39, 0.29) is 18.6 Å². The number of ether oxygens (including phenoxy) is 1. The van der Waals surface area contributed by atoms with Gasteiger partial charge >= 0.3 is 0 Å². The smallest absolute Gasteiger partial charge is 0.248 e. The molecule has 1 aromatic carbocycles. The molecule has 1 aliphatic rings. The predicted octanol–water partition coefficient (Wildman–Crippen LogP) is 2.98. The van der Waals surface area contributed by atoms with Gasteiger partial charge in [-0.25, -0.2) is 0 Å². The van der Waals surface area contributed by atoms with Crippen LogP contribution in [-0.4, -0.2) is 29.9 Å². The molecule has 0 spiro atoms. The molecule has 1 aromatic heterocycles. The van der Waals surface area contributed by atoms with Gasteiger partial charge in [-0.1, -0.05) is 12.1 Å². The number of hydrogen-bond acceptors (Lipinski definition) is 4. The van der Waals surface area contributed by atoms with Crippen LogP contribution >= 0.6 is 11.3 Å². The number of nitrogens with two attached hydrogens (primary N) is 1. The summed E-state index contributed by atoms with van der Waals surface area (Å²) in [4.78, 5) is 26.9. The highest BCUT2D eigenvalue weighted by atomic mass is 32.1. The Hall–Kier alpha value is -2.34. The van der Waals surface area contributed by atoms with Crippen molar-refractivity contribution in [2.45, 2.75) is 25.3 Å². The number of likely N-dealkylation sites (tertiary alicyclic amines) is 1. The van der Waals surface area contributed by atoms with E-state index in [9.17, 15) is 9.59 Å². The standard InChI is InChI=1S/C18H20N2O3S/c19-18(22)13-4-1-5-14(12-13)23-10-8-17(21)20-9-2-6-15(20)16-7-3-11-24-16/h1,3-5,7,11-12,15H,2,6,8-10H2,(H2,19,22)/t15-/m1/s1. The molecule has 0 unspecified atom stereocenters. The van der Waals surface area contributed by atoms with Gasteiger partial charge in [-0.15, -0.1) is 11.3 Å². The van der Waals surface area contributed by atoms with Crippen molar-refractivity contribution in [1.29, 1.82) is 0 Å². The largest absolute Gasteiger partial charge is 0.493 e. The quantitative estimate of drug-likeness (QED) is 0.875. The Bertz CT molecular complexity index is 715. The number of amides is 2. The summed E-state index contributed by atoms with van der Waals surface area (Å²) >= 11 is 1.70. The number of carbonyl (C=O) groups is 2. The van der Waals surface area contributed by atoms with Gasteiger partial charge in [0, 0.05) is 17.0 Å². The van der Waals surface area contributed by atoms with Crippen LogP contribution in [0.3, 0.4) is 0 Å². The molecule has 1 fully saturated rings. The lowest BCUT2D eigenvalue weighted by atomic mass is 10.2. The molecule has 6 heteroatoms. The maximum Gasteiger partial charge on any atom is 0.248 e. The first-order valence-corrected chi connectivity index (χ1v) is 8.88. The van der Waals surface area contributed by atoms with Crippen molar-refractivity contribution >= 4 is 23.2 Å². The van der Waals surface area contributed by atoms with Gasteiger partial charge in [0.25, 0.3) is 0 Å². The maximum atomic E-state index is 12.5. The third kappa shape index (κ3) is 3.76. The molecule has 3 rings (SSSR count). The van der Waals surface area contributed by atoms with Crippen LogP contribution in [0.25, 0.3) is 0 Å². The van der Waals surface area contributed by atoms with E-state index in [4.69, 9.17) is 10.5 Å². The van der Waals surface area contributed by atoms with Crippen LogP contribution in [0.1, 0.15) is 40.5 Å². The molecule has 0 bridgehead atoms. The molecule has 2 amide bonds. The third-order valence-corrected chi connectivity index (χ3v) is 5.12. The van der Waals surface area contributed by atoms with Crippen molar-refractivity contribution in [3.05, 3.63) is 52.2 Å². The molecule has 0 aliphatic carbocycles. The molecule has 1 saturated heterocycles. The van der Waals surface area contributed by atoms with Gasteiger partial charge in [0.1, 0.15) is 5.75 Å². The van der Waals surface area contributed by atoms with Gasteiger partial charge in [0.15, 0.2) is 0 Å². The summed E-state index contributed by atoms with van der Waals surface area (Å²) in [7, 11) is 0. The zero-order valence-electron chi connectivity index (χ0n) is 13.3. The second kappa shape index (κ2) is 7.49. The Morgan fingerprint density at radius 1 is 1.29 bits per heavy atom. The van der Waals surface area contributed by atoms with Crippen molar-refractivity contribution in [2.24, 2.45) is 5.73 Å². The maximum absolute atomic E-state index is 12.5. The lowest BCUT2D eigenvalue weighted by molar-refractivity contribution is -0.132. The van der Waals surface area contributed by atoms with E-state index < -0.39 is 5.91 Å². The summed E-state index contributed by atoms with van der Waals surface area (Å²) in [5.74, 6) is 0.166. The van der Waals surface area contributed by atoms with Crippen molar-refractivity contribution in [3.8, 4) is 5.75 Å². The van der Waals surface area contributed by atoms with Gasteiger partial charge < -0.3 is 15.4 Å². The molecular formula is C18H20N2O3S. The minimum absolute atomic E-state index is 0.108. The normalized spacial score (nSPS) is 17.0. The number of rotatable bonds is 6. The van der Waals surface area contributed by atoms with E-state index in [1.54, 1.807) is 35.6 Å². The second-order valence-electron chi connectivity index (χ2n) is 5.75. The first kappa shape index (κ1) is 16.5. The fourth-order valence-electron chi connectivity index (χ4n) is 2.98. The first-order chi connectivity index (χ1) is 11.6. The predicted molar refractivity (Wildman–Crippen MR) is 93.1 cm³/mol. The zero-order chi connectivity index (χ0) is 16.9. The molecule has 2 heterocycles. The van der Waals surface area contributed by atoms with Crippen LogP contribution < -0.4 is 10.5 Å². The Balaban J connectivity index is 1.54. The number of benzene rings is 1. The summed E-state index contributed by atoms with van der Waals surface area (Å²) in [6.07, 6.45) is 2.38. The Morgan fingerprint density at radius 3 is 2.92 bits per heavy atom. The van der Waals surface area contributed by atoms with Crippen LogP contribution in [0, 0.1) is 0 Å². The highest BCUT2D eigenvalue weighted by Gasteiger charge is 2.30. The van der Waals surface area contributed by atoms with Crippen LogP contribution in [-0.2, 0) is 4.79 Å². The Labute approximate surface area is 145 Å². The Kier molecular flexibility index (Phi) is 5.15. The monoisotopic (exact) mass is 344 g/mol. The van der Waals surface area contributed by atoms with E-state index in [1.165, 1.54) is 4.88 Å². The fourth-order valence-corrected chi connectivity index (χ4v) is 3.85. The van der Waals surface area contributed by atoms with Crippen LogP contribution in [0.15, 0.2) is 41.8 Å². The second-order valence-corrected chi connectivity index (χ2v) is 6.73. The molecule has 0 radical (unpaired) electrons. The zero-order valence-corrected chi connectivity index (χ0v) is 14.1. The Morgan fingerprint density at radius 2 is 2.17 bits per heavy atom. The molecule has 5 nitrogen and oxygen atoms in total. The molecule has 2 N–H and O–H groups in total. The van der Waals surface area contributed by atoms with E-state index in [2.05, 4.69) is 6.07 Å². The number of thiophene rings is 1. The highest BCUT2D eigenvalue weighted by Crippen LogP contribution is 2.34. The van der Waals surface area contributed by atoms with Gasteiger partial charge in [-0.05, 0) is 42.5 Å². The summed E-state index contributed by atoms with van der Waals surface area (Å²) in [5, 5.41) is 2.05. The van der Waals surface area contributed by atoms with Crippen molar-refractivity contribution in [3.63, 3.8) is 0 Å². The summed E-state index contributed by atoms with van der Waals surface area (Å²) in [6, 6.07) is 11.0. The number of nitrogens with zero attached hydrogens (tertiary/aromatic N) is 1. The lowest BCUT2D eigenvalue weighted by Crippen LogP contribution is -2.31. The number of hydrogen-bond donors (Lipinski definition) is 1. The van der Waals surface area contributed by atoms with Crippen molar-refractivity contribution in [1.82, 2.24) is 4.90 Å². The van der Waals surface area contributed by atoms with Crippen LogP contribution in [0.4, 0.5) is 0 Å². The number of carbonyl (C=O) groups excluding carboxylic acids is 2.